The van der Waals surface area contributed by atoms with Crippen molar-refractivity contribution in [3.8, 4) is 5.75 Å². The molecule has 11 heteroatoms. The molecular weight excluding hydrogens is 475 g/mol. The zero-order valence-electron chi connectivity index (χ0n) is 16.8. The number of anilines is 1. The van der Waals surface area contributed by atoms with Crippen LogP contribution < -0.4 is 10.1 Å². The minimum atomic E-state index is -0.432. The Morgan fingerprint density at radius 1 is 1.00 bits per heavy atom. The molecule has 0 bridgehead atoms. The summed E-state index contributed by atoms with van der Waals surface area (Å²) in [5.41, 5.74) is 2.02. The first-order valence-corrected chi connectivity index (χ1v) is 10.6. The van der Waals surface area contributed by atoms with E-state index < -0.39 is 5.91 Å². The highest BCUT2D eigenvalue weighted by Gasteiger charge is 2.13. The summed E-state index contributed by atoms with van der Waals surface area (Å²) >= 11 is 18.0. The molecule has 8 nitrogen and oxygen atoms in total. The summed E-state index contributed by atoms with van der Waals surface area (Å²) in [6, 6.07) is 12.3. The van der Waals surface area contributed by atoms with Crippen molar-refractivity contribution in [3.05, 3.63) is 86.9 Å². The van der Waals surface area contributed by atoms with Gasteiger partial charge < -0.3 is 4.74 Å². The van der Waals surface area contributed by atoms with Crippen LogP contribution in [0, 0.1) is 6.92 Å². The van der Waals surface area contributed by atoms with E-state index in [0.717, 1.165) is 11.1 Å². The lowest BCUT2D eigenvalue weighted by Gasteiger charge is -2.07. The van der Waals surface area contributed by atoms with Crippen LogP contribution in [0.4, 0.5) is 5.95 Å². The van der Waals surface area contributed by atoms with Crippen molar-refractivity contribution in [2.45, 2.75) is 20.2 Å². The van der Waals surface area contributed by atoms with Crippen molar-refractivity contribution in [2.24, 2.45) is 0 Å². The minimum absolute atomic E-state index is 0.144. The highest BCUT2D eigenvalue weighted by molar-refractivity contribution is 6.42. The number of nitrogens with zero attached hydrogens (tertiary/aromatic N) is 5. The van der Waals surface area contributed by atoms with Gasteiger partial charge in [0.1, 0.15) is 12.1 Å². The number of carbonyl (C=O) groups is 1. The number of ether oxygens (including phenoxy) is 1. The lowest BCUT2D eigenvalue weighted by atomic mass is 10.2. The van der Waals surface area contributed by atoms with Crippen molar-refractivity contribution < 1.29 is 9.53 Å². The Hall–Kier alpha value is -3.07. The molecule has 164 valence electrons. The normalized spacial score (nSPS) is 10.9. The van der Waals surface area contributed by atoms with E-state index in [0.29, 0.717) is 27.4 Å². The van der Waals surface area contributed by atoms with Gasteiger partial charge in [0.2, 0.25) is 5.95 Å². The fourth-order valence-electron chi connectivity index (χ4n) is 2.82. The fraction of sp³-hybridized carbons (Fsp3) is 0.143. The smallest absolute Gasteiger partial charge is 0.278 e. The van der Waals surface area contributed by atoms with Gasteiger partial charge in [0.25, 0.3) is 5.91 Å². The Morgan fingerprint density at radius 3 is 2.59 bits per heavy atom. The first-order chi connectivity index (χ1) is 15.4. The molecule has 4 aromatic rings. The third-order valence-corrected chi connectivity index (χ3v) is 5.62. The van der Waals surface area contributed by atoms with Gasteiger partial charge in [0, 0.05) is 11.2 Å². The fourth-order valence-corrected chi connectivity index (χ4v) is 3.26. The molecule has 1 amide bonds. The molecule has 0 radical (unpaired) electrons. The summed E-state index contributed by atoms with van der Waals surface area (Å²) in [6.45, 7) is 2.46. The van der Waals surface area contributed by atoms with E-state index >= 15 is 0 Å². The summed E-state index contributed by atoms with van der Waals surface area (Å²) in [7, 11) is 0. The largest absolute Gasteiger partial charge is 0.471 e. The Balaban J connectivity index is 1.33. The molecule has 32 heavy (non-hydrogen) atoms. The number of amides is 1. The van der Waals surface area contributed by atoms with Crippen molar-refractivity contribution in [1.29, 1.82) is 0 Å². The zero-order valence-corrected chi connectivity index (χ0v) is 19.1. The van der Waals surface area contributed by atoms with Crippen LogP contribution in [0.2, 0.25) is 15.1 Å². The van der Waals surface area contributed by atoms with E-state index in [9.17, 15) is 4.79 Å². The van der Waals surface area contributed by atoms with Crippen LogP contribution in [-0.4, -0.2) is 30.5 Å². The van der Waals surface area contributed by atoms with Crippen LogP contribution in [-0.2, 0) is 13.3 Å². The Kier molecular flexibility index (Phi) is 6.64. The summed E-state index contributed by atoms with van der Waals surface area (Å²) in [5, 5.41) is 12.7. The van der Waals surface area contributed by atoms with Crippen LogP contribution in [0.15, 0.2) is 55.0 Å². The Morgan fingerprint density at radius 2 is 1.81 bits per heavy atom. The highest BCUT2D eigenvalue weighted by atomic mass is 35.5. The van der Waals surface area contributed by atoms with Crippen LogP contribution in [0.5, 0.6) is 5.75 Å². The molecule has 0 aliphatic rings. The second kappa shape index (κ2) is 9.60. The van der Waals surface area contributed by atoms with E-state index in [1.54, 1.807) is 41.2 Å². The van der Waals surface area contributed by atoms with E-state index in [2.05, 4.69) is 20.5 Å². The molecule has 0 unspecified atom stereocenters. The van der Waals surface area contributed by atoms with Gasteiger partial charge in [-0.25, -0.2) is 14.3 Å². The van der Waals surface area contributed by atoms with Crippen molar-refractivity contribution in [1.82, 2.24) is 24.5 Å². The van der Waals surface area contributed by atoms with Crippen molar-refractivity contribution >= 4 is 46.7 Å². The molecule has 0 atom stereocenters. The molecule has 4 rings (SSSR count). The molecule has 0 fully saturated rings. The number of halogens is 3. The number of carbonyl (C=O) groups excluding carboxylic acids is 1. The molecule has 0 saturated heterocycles. The van der Waals surface area contributed by atoms with Gasteiger partial charge in [-0.1, -0.05) is 40.9 Å². The second-order valence-electron chi connectivity index (χ2n) is 6.89. The predicted molar refractivity (Wildman–Crippen MR) is 123 cm³/mol. The maximum absolute atomic E-state index is 12.5. The van der Waals surface area contributed by atoms with E-state index in [1.165, 1.54) is 11.0 Å². The molecule has 2 heterocycles. The number of nitrogens with one attached hydrogen (secondary N) is 1. The summed E-state index contributed by atoms with van der Waals surface area (Å²) < 4.78 is 8.77. The van der Waals surface area contributed by atoms with Gasteiger partial charge in [-0.15, -0.1) is 5.10 Å². The summed E-state index contributed by atoms with van der Waals surface area (Å²) in [4.78, 5) is 16.6. The number of hydrogen-bond acceptors (Lipinski definition) is 5. The predicted octanol–water partition coefficient (Wildman–Crippen LogP) is 5.08. The first-order valence-electron chi connectivity index (χ1n) is 9.44. The SMILES string of the molecule is Cc1cc(OCn2ccc(C(=O)Nc3ncn(Cc4ccc(Cl)c(Cl)c4)n3)n2)ccc1Cl. The van der Waals surface area contributed by atoms with Crippen LogP contribution in [0.3, 0.4) is 0 Å². The third-order valence-electron chi connectivity index (χ3n) is 4.46. The van der Waals surface area contributed by atoms with Crippen LogP contribution >= 0.6 is 34.8 Å². The topological polar surface area (TPSA) is 86.9 Å². The molecular formula is C21H17Cl3N6O2. The highest BCUT2D eigenvalue weighted by Crippen LogP contribution is 2.23. The second-order valence-corrected chi connectivity index (χ2v) is 8.11. The zero-order chi connectivity index (χ0) is 22.7. The van der Waals surface area contributed by atoms with E-state index in [4.69, 9.17) is 39.5 Å². The maximum atomic E-state index is 12.5. The standard InChI is InChI=1S/C21H17Cl3N6O2/c1-13-8-15(3-5-16(13)22)32-12-29-7-6-19(27-29)20(31)26-21-25-11-30(28-21)10-14-2-4-17(23)18(24)9-14/h2-9,11H,10,12H2,1H3,(H,26,28,31). The van der Waals surface area contributed by atoms with Crippen molar-refractivity contribution in [3.63, 3.8) is 0 Å². The van der Waals surface area contributed by atoms with Gasteiger partial charge in [0.15, 0.2) is 12.4 Å². The molecule has 2 aromatic carbocycles. The molecule has 0 aliphatic carbocycles. The molecule has 1 N–H and O–H groups in total. The monoisotopic (exact) mass is 490 g/mol. The van der Waals surface area contributed by atoms with E-state index in [-0.39, 0.29) is 18.4 Å². The van der Waals surface area contributed by atoms with Crippen molar-refractivity contribution in [2.75, 3.05) is 5.32 Å². The van der Waals surface area contributed by atoms with Crippen LogP contribution in [0.1, 0.15) is 21.6 Å². The van der Waals surface area contributed by atoms with Gasteiger partial charge >= 0.3 is 0 Å². The average molecular weight is 492 g/mol. The quantitative estimate of drug-likeness (QED) is 0.389. The van der Waals surface area contributed by atoms with Gasteiger partial charge in [0.05, 0.1) is 16.6 Å². The summed E-state index contributed by atoms with van der Waals surface area (Å²) in [6.07, 6.45) is 3.16. The third kappa shape index (κ3) is 5.40. The number of rotatable bonds is 7. The molecule has 2 aromatic heterocycles. The number of benzene rings is 2. The Bertz CT molecular complexity index is 1270. The number of aromatic nitrogens is 5. The molecule has 0 aliphatic heterocycles. The maximum Gasteiger partial charge on any atom is 0.278 e. The van der Waals surface area contributed by atoms with E-state index in [1.807, 2.05) is 19.1 Å². The molecule has 0 spiro atoms. The van der Waals surface area contributed by atoms with Gasteiger partial charge in [-0.3, -0.25) is 10.1 Å². The lowest BCUT2D eigenvalue weighted by molar-refractivity contribution is 0.101. The van der Waals surface area contributed by atoms with Gasteiger partial charge in [-0.05, 0) is 54.4 Å². The lowest BCUT2D eigenvalue weighted by Crippen LogP contribution is -2.15. The minimum Gasteiger partial charge on any atom is -0.471 e. The first kappa shape index (κ1) is 22.1. The average Bonchev–Trinajstić information content (AvgIpc) is 3.41. The Labute approximate surface area is 198 Å². The van der Waals surface area contributed by atoms with Gasteiger partial charge in [-0.2, -0.15) is 5.10 Å². The molecule has 0 saturated carbocycles. The summed E-state index contributed by atoms with van der Waals surface area (Å²) in [5.74, 6) is 0.390. The number of hydrogen-bond donors (Lipinski definition) is 1. The van der Waals surface area contributed by atoms with Crippen LogP contribution in [0.25, 0.3) is 0 Å². The number of aryl methyl sites for hydroxylation is 1.